The summed E-state index contributed by atoms with van der Waals surface area (Å²) in [4.78, 5) is 18.3. The summed E-state index contributed by atoms with van der Waals surface area (Å²) in [5.41, 5.74) is 6.10. The first kappa shape index (κ1) is 14.7. The number of ether oxygens (including phenoxy) is 1. The second-order valence-corrected chi connectivity index (χ2v) is 4.88. The number of thiocarbonyl (C=S) groups is 1. The fraction of sp³-hybridized carbons (Fsp3) is 0.462. The molecular weight excluding hydrogens is 276 g/mol. The SMILES string of the molecule is NC(=S)c1cccc(NCCC(=O)N2CCOCC2)n1. The van der Waals surface area contributed by atoms with E-state index in [-0.39, 0.29) is 10.9 Å². The maximum absolute atomic E-state index is 11.9. The predicted octanol–water partition coefficient (Wildman–Crippen LogP) is 0.377. The Labute approximate surface area is 123 Å². The van der Waals surface area contributed by atoms with Crippen LogP contribution in [0.2, 0.25) is 0 Å². The Morgan fingerprint density at radius 3 is 2.90 bits per heavy atom. The van der Waals surface area contributed by atoms with Crippen LogP contribution in [0.3, 0.4) is 0 Å². The van der Waals surface area contributed by atoms with Crippen LogP contribution in [0.1, 0.15) is 12.1 Å². The largest absolute Gasteiger partial charge is 0.388 e. The van der Waals surface area contributed by atoms with E-state index in [4.69, 9.17) is 22.7 Å². The minimum Gasteiger partial charge on any atom is -0.388 e. The number of carbonyl (C=O) groups excluding carboxylic acids is 1. The van der Waals surface area contributed by atoms with Gasteiger partial charge in [0.05, 0.1) is 18.9 Å². The minimum atomic E-state index is 0.131. The average molecular weight is 294 g/mol. The van der Waals surface area contributed by atoms with Gasteiger partial charge in [0.25, 0.3) is 0 Å². The lowest BCUT2D eigenvalue weighted by atomic mass is 10.3. The van der Waals surface area contributed by atoms with Gasteiger partial charge in [0.15, 0.2) is 0 Å². The molecule has 1 aliphatic heterocycles. The van der Waals surface area contributed by atoms with Crippen LogP contribution in [0.4, 0.5) is 5.82 Å². The molecule has 7 heteroatoms. The van der Waals surface area contributed by atoms with Gasteiger partial charge < -0.3 is 20.7 Å². The van der Waals surface area contributed by atoms with E-state index in [2.05, 4.69) is 10.3 Å². The molecule has 108 valence electrons. The molecule has 1 amide bonds. The number of pyridine rings is 1. The lowest BCUT2D eigenvalue weighted by Crippen LogP contribution is -2.41. The van der Waals surface area contributed by atoms with Gasteiger partial charge in [-0.1, -0.05) is 18.3 Å². The smallest absolute Gasteiger partial charge is 0.224 e. The molecule has 1 aliphatic rings. The maximum atomic E-state index is 11.9. The van der Waals surface area contributed by atoms with Crippen LogP contribution in [0.5, 0.6) is 0 Å². The van der Waals surface area contributed by atoms with E-state index >= 15 is 0 Å². The van der Waals surface area contributed by atoms with Gasteiger partial charge in [0.2, 0.25) is 5.91 Å². The second-order valence-electron chi connectivity index (χ2n) is 4.44. The number of morpholine rings is 1. The first-order valence-corrected chi connectivity index (χ1v) is 6.94. The van der Waals surface area contributed by atoms with E-state index in [1.807, 2.05) is 17.0 Å². The molecule has 6 nitrogen and oxygen atoms in total. The van der Waals surface area contributed by atoms with E-state index in [0.29, 0.717) is 50.8 Å². The third-order valence-electron chi connectivity index (χ3n) is 3.01. The normalized spacial score (nSPS) is 14.9. The van der Waals surface area contributed by atoms with Crippen LogP contribution in [0, 0.1) is 0 Å². The standard InChI is InChI=1S/C13H18N4O2S/c14-13(20)10-2-1-3-11(16-10)15-5-4-12(18)17-6-8-19-9-7-17/h1-3H,4-9H2,(H2,14,20)(H,15,16). The molecule has 1 aromatic rings. The molecule has 0 aromatic carbocycles. The molecule has 0 saturated carbocycles. The zero-order chi connectivity index (χ0) is 14.4. The summed E-state index contributed by atoms with van der Waals surface area (Å²) in [5, 5.41) is 3.10. The molecule has 0 radical (unpaired) electrons. The summed E-state index contributed by atoms with van der Waals surface area (Å²) in [6.07, 6.45) is 0.430. The van der Waals surface area contributed by atoms with E-state index in [0.717, 1.165) is 0 Å². The molecular formula is C13H18N4O2S. The number of nitrogens with one attached hydrogen (secondary N) is 1. The molecule has 1 fully saturated rings. The maximum Gasteiger partial charge on any atom is 0.224 e. The lowest BCUT2D eigenvalue weighted by Gasteiger charge is -2.26. The van der Waals surface area contributed by atoms with E-state index in [9.17, 15) is 4.79 Å². The monoisotopic (exact) mass is 294 g/mol. The number of hydrogen-bond acceptors (Lipinski definition) is 5. The Morgan fingerprint density at radius 2 is 2.20 bits per heavy atom. The van der Waals surface area contributed by atoms with Gasteiger partial charge in [-0.2, -0.15) is 0 Å². The molecule has 1 saturated heterocycles. The van der Waals surface area contributed by atoms with E-state index in [1.54, 1.807) is 6.07 Å². The van der Waals surface area contributed by atoms with Gasteiger partial charge in [0, 0.05) is 26.1 Å². The van der Waals surface area contributed by atoms with Crippen LogP contribution >= 0.6 is 12.2 Å². The quantitative estimate of drug-likeness (QED) is 0.764. The van der Waals surface area contributed by atoms with Crippen LogP contribution < -0.4 is 11.1 Å². The van der Waals surface area contributed by atoms with Crippen LogP contribution in [0.25, 0.3) is 0 Å². The fourth-order valence-electron chi connectivity index (χ4n) is 1.94. The topological polar surface area (TPSA) is 80.5 Å². The Balaban J connectivity index is 1.79. The number of carbonyl (C=O) groups is 1. The second kappa shape index (κ2) is 7.16. The molecule has 1 aromatic heterocycles. The van der Waals surface area contributed by atoms with Crippen molar-refractivity contribution in [3.63, 3.8) is 0 Å². The average Bonchev–Trinajstić information content (AvgIpc) is 2.48. The summed E-state index contributed by atoms with van der Waals surface area (Å²) < 4.78 is 5.22. The number of amides is 1. The van der Waals surface area contributed by atoms with E-state index < -0.39 is 0 Å². The number of rotatable bonds is 5. The Bertz CT molecular complexity index is 489. The predicted molar refractivity (Wildman–Crippen MR) is 80.6 cm³/mol. The van der Waals surface area contributed by atoms with Crippen molar-refractivity contribution in [2.75, 3.05) is 38.2 Å². The van der Waals surface area contributed by atoms with Crippen molar-refractivity contribution in [3.05, 3.63) is 23.9 Å². The van der Waals surface area contributed by atoms with E-state index in [1.165, 1.54) is 0 Å². The van der Waals surface area contributed by atoms with Crippen LogP contribution in [-0.2, 0) is 9.53 Å². The van der Waals surface area contributed by atoms with Crippen LogP contribution in [-0.4, -0.2) is 53.6 Å². The Hall–Kier alpha value is -1.73. The summed E-state index contributed by atoms with van der Waals surface area (Å²) in [6.45, 7) is 3.12. The van der Waals surface area contributed by atoms with Crippen molar-refractivity contribution in [3.8, 4) is 0 Å². The highest BCUT2D eigenvalue weighted by Gasteiger charge is 2.15. The third kappa shape index (κ3) is 4.14. The number of hydrogen-bond donors (Lipinski definition) is 2. The van der Waals surface area contributed by atoms with Gasteiger partial charge >= 0.3 is 0 Å². The van der Waals surface area contributed by atoms with Crippen molar-refractivity contribution in [1.82, 2.24) is 9.88 Å². The molecule has 3 N–H and O–H groups in total. The van der Waals surface area contributed by atoms with Gasteiger partial charge in [-0.05, 0) is 12.1 Å². The van der Waals surface area contributed by atoms with Crippen molar-refractivity contribution in [2.45, 2.75) is 6.42 Å². The molecule has 20 heavy (non-hydrogen) atoms. The van der Waals surface area contributed by atoms with Crippen molar-refractivity contribution in [1.29, 1.82) is 0 Å². The molecule has 0 spiro atoms. The highest BCUT2D eigenvalue weighted by Crippen LogP contribution is 2.06. The van der Waals surface area contributed by atoms with Crippen molar-refractivity contribution >= 4 is 28.9 Å². The van der Waals surface area contributed by atoms with Crippen molar-refractivity contribution < 1.29 is 9.53 Å². The minimum absolute atomic E-state index is 0.131. The number of aromatic nitrogens is 1. The fourth-order valence-corrected chi connectivity index (χ4v) is 2.05. The molecule has 2 heterocycles. The van der Waals surface area contributed by atoms with Crippen LogP contribution in [0.15, 0.2) is 18.2 Å². The van der Waals surface area contributed by atoms with Gasteiger partial charge in [0.1, 0.15) is 10.8 Å². The van der Waals surface area contributed by atoms with Gasteiger partial charge in [-0.25, -0.2) is 4.98 Å². The first-order valence-electron chi connectivity index (χ1n) is 6.53. The zero-order valence-corrected chi connectivity index (χ0v) is 12.0. The van der Waals surface area contributed by atoms with Gasteiger partial charge in [-0.15, -0.1) is 0 Å². The number of anilines is 1. The Morgan fingerprint density at radius 1 is 1.45 bits per heavy atom. The number of nitrogens with zero attached hydrogens (tertiary/aromatic N) is 2. The summed E-state index contributed by atoms with van der Waals surface area (Å²) in [7, 11) is 0. The molecule has 0 unspecified atom stereocenters. The lowest BCUT2D eigenvalue weighted by molar-refractivity contribution is -0.134. The summed E-state index contributed by atoms with van der Waals surface area (Å²) in [6, 6.07) is 5.40. The Kier molecular flexibility index (Phi) is 5.25. The summed E-state index contributed by atoms with van der Waals surface area (Å²) in [5.74, 6) is 0.802. The molecule has 0 bridgehead atoms. The molecule has 2 rings (SSSR count). The highest BCUT2D eigenvalue weighted by molar-refractivity contribution is 7.80. The van der Waals surface area contributed by atoms with Crippen molar-refractivity contribution in [2.24, 2.45) is 5.73 Å². The summed E-state index contributed by atoms with van der Waals surface area (Å²) >= 11 is 4.88. The third-order valence-corrected chi connectivity index (χ3v) is 3.22. The van der Waals surface area contributed by atoms with Gasteiger partial charge in [-0.3, -0.25) is 4.79 Å². The zero-order valence-electron chi connectivity index (χ0n) is 11.2. The molecule has 0 aliphatic carbocycles. The first-order chi connectivity index (χ1) is 9.66. The highest BCUT2D eigenvalue weighted by atomic mass is 32.1. The molecule has 0 atom stereocenters. The number of nitrogens with two attached hydrogens (primary N) is 1.